The molecule has 1 fully saturated rings. The monoisotopic (exact) mass is 536 g/mol. The zero-order chi connectivity index (χ0) is 25.2. The number of hydrogen-bond donors (Lipinski definition) is 1. The summed E-state index contributed by atoms with van der Waals surface area (Å²) in [4.78, 5) is 10.8. The highest BCUT2D eigenvalue weighted by Gasteiger charge is 2.37. The van der Waals surface area contributed by atoms with Crippen LogP contribution in [0.2, 0.25) is 0 Å². The Kier molecular flexibility index (Phi) is 5.39. The Morgan fingerprint density at radius 1 is 1.25 bits per heavy atom. The van der Waals surface area contributed by atoms with E-state index in [4.69, 9.17) is 4.74 Å². The number of nitrogens with one attached hydrogen (secondary N) is 1. The van der Waals surface area contributed by atoms with Gasteiger partial charge in [0, 0.05) is 49.8 Å². The van der Waals surface area contributed by atoms with Gasteiger partial charge in [-0.15, -0.1) is 0 Å². The van der Waals surface area contributed by atoms with Crippen molar-refractivity contribution in [3.05, 3.63) is 41.6 Å². The van der Waals surface area contributed by atoms with E-state index < -0.39 is 19.9 Å². The third-order valence-corrected chi connectivity index (χ3v) is 10.0. The Morgan fingerprint density at radius 3 is 2.89 bits per heavy atom. The summed E-state index contributed by atoms with van der Waals surface area (Å²) in [5.41, 5.74) is 2.25. The molecular formula is C22H25FN6O5S2. The highest BCUT2D eigenvalue weighted by atomic mass is 32.2. The topological polar surface area (TPSA) is 126 Å². The molecule has 0 aliphatic carbocycles. The third kappa shape index (κ3) is 3.78. The van der Waals surface area contributed by atoms with Crippen molar-refractivity contribution in [1.82, 2.24) is 18.7 Å². The number of sulfonamides is 1. The Balaban J connectivity index is 1.40. The first-order chi connectivity index (χ1) is 17.1. The highest BCUT2D eigenvalue weighted by Crippen LogP contribution is 2.36. The van der Waals surface area contributed by atoms with Crippen LogP contribution in [0, 0.1) is 5.82 Å². The van der Waals surface area contributed by atoms with Crippen molar-refractivity contribution >= 4 is 37.0 Å². The average Bonchev–Trinajstić information content (AvgIpc) is 3.49. The normalized spacial score (nSPS) is 21.4. The van der Waals surface area contributed by atoms with Gasteiger partial charge in [0.2, 0.25) is 16.0 Å². The van der Waals surface area contributed by atoms with Crippen LogP contribution in [0.25, 0.3) is 5.52 Å². The van der Waals surface area contributed by atoms with E-state index in [0.717, 1.165) is 11.8 Å². The molecule has 1 aromatic carbocycles. The van der Waals surface area contributed by atoms with Crippen LogP contribution in [0.15, 0.2) is 29.7 Å². The molecule has 11 nitrogen and oxygen atoms in total. The van der Waals surface area contributed by atoms with Crippen molar-refractivity contribution in [1.29, 1.82) is 0 Å². The molecule has 1 N–H and O–H groups in total. The quantitative estimate of drug-likeness (QED) is 0.521. The number of imidazole rings is 1. The van der Waals surface area contributed by atoms with E-state index in [2.05, 4.69) is 15.3 Å². The second-order valence-electron chi connectivity index (χ2n) is 9.27. The highest BCUT2D eigenvalue weighted by molar-refractivity contribution is 7.91. The molecule has 14 heteroatoms. The van der Waals surface area contributed by atoms with E-state index >= 15 is 0 Å². The third-order valence-electron chi connectivity index (χ3n) is 7.12. The lowest BCUT2D eigenvalue weighted by Gasteiger charge is -2.42. The maximum Gasteiger partial charge on any atom is 0.211 e. The summed E-state index contributed by atoms with van der Waals surface area (Å²) in [5.74, 6) is 0.490. The molecule has 0 unspecified atom stereocenters. The smallest absolute Gasteiger partial charge is 0.211 e. The molecule has 2 aromatic heterocycles. The maximum atomic E-state index is 14.6. The average molecular weight is 537 g/mol. The summed E-state index contributed by atoms with van der Waals surface area (Å²) in [6, 6.07) is 2.67. The number of halogens is 1. The lowest BCUT2D eigenvalue weighted by atomic mass is 10.0. The summed E-state index contributed by atoms with van der Waals surface area (Å²) in [7, 11) is -7.13. The fraction of sp³-hybridized carbons (Fsp3) is 0.455. The summed E-state index contributed by atoms with van der Waals surface area (Å²) in [6.07, 6.45) is 5.03. The van der Waals surface area contributed by atoms with Crippen molar-refractivity contribution in [3.63, 3.8) is 0 Å². The predicted molar refractivity (Wildman–Crippen MR) is 130 cm³/mol. The van der Waals surface area contributed by atoms with Gasteiger partial charge in [0.25, 0.3) is 0 Å². The minimum atomic E-state index is -3.73. The molecule has 36 heavy (non-hydrogen) atoms. The molecule has 0 saturated carbocycles. The Hall–Kier alpha value is -2.97. The molecule has 0 amide bonds. The molecule has 5 heterocycles. The second kappa shape index (κ2) is 8.28. The van der Waals surface area contributed by atoms with E-state index in [1.54, 1.807) is 16.7 Å². The number of hydrogen-bond acceptors (Lipinski definition) is 9. The lowest BCUT2D eigenvalue weighted by molar-refractivity contribution is 0.329. The lowest BCUT2D eigenvalue weighted by Crippen LogP contribution is -2.55. The Morgan fingerprint density at radius 2 is 2.08 bits per heavy atom. The number of rotatable bonds is 4. The van der Waals surface area contributed by atoms with Gasteiger partial charge in [0.15, 0.2) is 14.9 Å². The predicted octanol–water partition coefficient (Wildman–Crippen LogP) is 1.04. The van der Waals surface area contributed by atoms with Crippen molar-refractivity contribution in [3.8, 4) is 5.75 Å². The number of ether oxygens (including phenoxy) is 1. The van der Waals surface area contributed by atoms with Gasteiger partial charge in [-0.05, 0) is 18.6 Å². The number of sulfone groups is 1. The fourth-order valence-corrected chi connectivity index (χ4v) is 7.63. The summed E-state index contributed by atoms with van der Waals surface area (Å²) in [6.45, 7) is 1.52. The Labute approximate surface area is 207 Å². The number of anilines is 2. The first-order valence-electron chi connectivity index (χ1n) is 11.6. The van der Waals surface area contributed by atoms with Gasteiger partial charge in [0.1, 0.15) is 23.4 Å². The zero-order valence-electron chi connectivity index (χ0n) is 19.5. The van der Waals surface area contributed by atoms with Gasteiger partial charge < -0.3 is 15.0 Å². The standard InChI is InChI=1S/C22H25FN6O5S2/c1-35(30,31)27-6-7-28-14(12-27)5-9-36(32,33)21-20-18(28)11-25-22(29(20)13-26-21)24-10-16-15-4-8-34-19(15)3-2-17(16)23/h2-3,11,13-14H,4-10,12H2,1H3,(H,24,25)/t14-/m0/s1. The number of aromatic nitrogens is 3. The molecule has 0 radical (unpaired) electrons. The summed E-state index contributed by atoms with van der Waals surface area (Å²) in [5, 5.41) is 3.11. The van der Waals surface area contributed by atoms with Crippen LogP contribution >= 0.6 is 0 Å². The molecular weight excluding hydrogens is 511 g/mol. The van der Waals surface area contributed by atoms with E-state index in [1.807, 2.05) is 4.90 Å². The van der Waals surface area contributed by atoms with Crippen molar-refractivity contribution < 1.29 is 26.0 Å². The van der Waals surface area contributed by atoms with Crippen LogP contribution in [0.1, 0.15) is 17.5 Å². The SMILES string of the molecule is CS(=O)(=O)N1CCN2c3cnc(NCc4c(F)ccc5c4CCO5)n4cnc(c34)S(=O)(=O)CC[C@H]2C1. The number of piperazine rings is 1. The van der Waals surface area contributed by atoms with Crippen LogP contribution in [0.5, 0.6) is 5.75 Å². The van der Waals surface area contributed by atoms with E-state index in [0.29, 0.717) is 48.0 Å². The van der Waals surface area contributed by atoms with Crippen LogP contribution in [-0.2, 0) is 32.8 Å². The zero-order valence-corrected chi connectivity index (χ0v) is 21.1. The van der Waals surface area contributed by atoms with Crippen molar-refractivity contribution in [2.45, 2.75) is 30.5 Å². The fourth-order valence-electron chi connectivity index (χ4n) is 5.29. The molecule has 0 spiro atoms. The van der Waals surface area contributed by atoms with Crippen LogP contribution < -0.4 is 15.0 Å². The van der Waals surface area contributed by atoms with E-state index in [-0.39, 0.29) is 48.7 Å². The van der Waals surface area contributed by atoms with E-state index in [1.165, 1.54) is 16.7 Å². The molecule has 1 atom stereocenters. The number of nitrogens with zero attached hydrogens (tertiary/aromatic N) is 5. The Bertz CT molecular complexity index is 1590. The van der Waals surface area contributed by atoms with Crippen molar-refractivity contribution in [2.24, 2.45) is 0 Å². The first-order valence-corrected chi connectivity index (χ1v) is 15.1. The summed E-state index contributed by atoms with van der Waals surface area (Å²) < 4.78 is 73.8. The van der Waals surface area contributed by atoms with Gasteiger partial charge in [0.05, 0.1) is 30.5 Å². The molecule has 192 valence electrons. The van der Waals surface area contributed by atoms with Crippen LogP contribution in [0.3, 0.4) is 0 Å². The van der Waals surface area contributed by atoms with E-state index in [9.17, 15) is 21.2 Å². The number of fused-ring (bicyclic) bond motifs is 3. The second-order valence-corrected chi connectivity index (χ2v) is 13.3. The first kappa shape index (κ1) is 23.4. The molecule has 3 aromatic rings. The van der Waals surface area contributed by atoms with Gasteiger partial charge in [-0.2, -0.15) is 4.31 Å². The van der Waals surface area contributed by atoms with Crippen LogP contribution in [0.4, 0.5) is 16.0 Å². The minimum absolute atomic E-state index is 0.0351. The van der Waals surface area contributed by atoms with Gasteiger partial charge in [-0.1, -0.05) is 0 Å². The summed E-state index contributed by atoms with van der Waals surface area (Å²) >= 11 is 0. The molecule has 0 bridgehead atoms. The molecule has 6 rings (SSSR count). The maximum absolute atomic E-state index is 14.6. The largest absolute Gasteiger partial charge is 0.493 e. The molecule has 3 aliphatic heterocycles. The van der Waals surface area contributed by atoms with Gasteiger partial charge in [-0.25, -0.2) is 31.2 Å². The van der Waals surface area contributed by atoms with Crippen molar-refractivity contribution in [2.75, 3.05) is 48.5 Å². The molecule has 3 aliphatic rings. The van der Waals surface area contributed by atoms with Gasteiger partial charge >= 0.3 is 0 Å². The number of benzene rings is 1. The van der Waals surface area contributed by atoms with Gasteiger partial charge in [-0.3, -0.25) is 4.40 Å². The molecule has 1 saturated heterocycles. The minimum Gasteiger partial charge on any atom is -0.493 e. The van der Waals surface area contributed by atoms with Crippen LogP contribution in [-0.4, -0.2) is 79.8 Å².